The molecule has 0 aliphatic heterocycles. The second-order valence-electron chi connectivity index (χ2n) is 7.18. The van der Waals surface area contributed by atoms with Crippen molar-refractivity contribution in [2.24, 2.45) is 7.05 Å². The van der Waals surface area contributed by atoms with E-state index in [1.807, 2.05) is 48.1 Å². The summed E-state index contributed by atoms with van der Waals surface area (Å²) in [6.45, 7) is 2.10. The molecule has 8 heteroatoms. The summed E-state index contributed by atoms with van der Waals surface area (Å²) in [6, 6.07) is 13.1. The van der Waals surface area contributed by atoms with Crippen molar-refractivity contribution in [3.8, 4) is 5.75 Å². The van der Waals surface area contributed by atoms with E-state index in [0.29, 0.717) is 45.0 Å². The first kappa shape index (κ1) is 24.4. The molecule has 2 rings (SSSR count). The maximum Gasteiger partial charge on any atom is 0.260 e. The molecule has 0 N–H and O–H groups in total. The van der Waals surface area contributed by atoms with Crippen molar-refractivity contribution < 1.29 is 23.8 Å². The molecule has 0 aliphatic rings. The lowest BCUT2D eigenvalue weighted by Gasteiger charge is -2.28. The molecule has 0 aliphatic carbocycles. The number of amides is 2. The van der Waals surface area contributed by atoms with Crippen molar-refractivity contribution in [2.45, 2.75) is 13.0 Å². The first-order chi connectivity index (χ1) is 15.0. The molecule has 0 saturated carbocycles. The summed E-state index contributed by atoms with van der Waals surface area (Å²) in [5, 5.41) is 0. The topological polar surface area (TPSA) is 73.2 Å². The molecule has 8 nitrogen and oxygen atoms in total. The maximum atomic E-state index is 13.1. The molecule has 0 radical (unpaired) electrons. The lowest BCUT2D eigenvalue weighted by Crippen LogP contribution is -2.45. The van der Waals surface area contributed by atoms with Gasteiger partial charge in [-0.1, -0.05) is 18.2 Å². The number of hydrogen-bond donors (Lipinski definition) is 0. The van der Waals surface area contributed by atoms with Gasteiger partial charge in [0.05, 0.1) is 19.7 Å². The zero-order chi connectivity index (χ0) is 22.5. The number of aromatic nitrogens is 1. The van der Waals surface area contributed by atoms with Gasteiger partial charge in [0.25, 0.3) is 5.91 Å². The lowest BCUT2D eigenvalue weighted by atomic mass is 10.3. The van der Waals surface area contributed by atoms with E-state index in [9.17, 15) is 9.59 Å². The third-order valence-corrected chi connectivity index (χ3v) is 4.88. The van der Waals surface area contributed by atoms with E-state index in [-0.39, 0.29) is 25.0 Å². The fraction of sp³-hybridized carbons (Fsp3) is 0.478. The van der Waals surface area contributed by atoms with Gasteiger partial charge >= 0.3 is 0 Å². The average molecular weight is 432 g/mol. The fourth-order valence-electron chi connectivity index (χ4n) is 3.06. The van der Waals surface area contributed by atoms with Gasteiger partial charge in [-0.3, -0.25) is 9.59 Å². The summed E-state index contributed by atoms with van der Waals surface area (Å²) < 4.78 is 17.8. The first-order valence-corrected chi connectivity index (χ1v) is 10.4. The maximum absolute atomic E-state index is 13.1. The summed E-state index contributed by atoms with van der Waals surface area (Å²) in [6.07, 6.45) is 2.58. The molecular weight excluding hydrogens is 398 g/mol. The number of aryl methyl sites for hydroxylation is 1. The Morgan fingerprint density at radius 1 is 0.903 bits per heavy atom. The number of carbonyl (C=O) groups is 2. The predicted octanol–water partition coefficient (Wildman–Crippen LogP) is 1.94. The van der Waals surface area contributed by atoms with Gasteiger partial charge in [0.1, 0.15) is 5.75 Å². The molecule has 0 saturated heterocycles. The molecule has 31 heavy (non-hydrogen) atoms. The number of carbonyl (C=O) groups excluding carboxylic acids is 2. The second kappa shape index (κ2) is 13.5. The Kier molecular flexibility index (Phi) is 10.6. The highest BCUT2D eigenvalue weighted by molar-refractivity contribution is 5.85. The molecule has 170 valence electrons. The molecule has 0 fully saturated rings. The number of ether oxygens (including phenoxy) is 3. The normalized spacial score (nSPS) is 10.7. The number of benzene rings is 1. The van der Waals surface area contributed by atoms with Crippen LogP contribution < -0.4 is 4.74 Å². The van der Waals surface area contributed by atoms with Crippen LogP contribution in [0.15, 0.2) is 48.7 Å². The Labute approximate surface area is 184 Å². The van der Waals surface area contributed by atoms with Gasteiger partial charge in [0, 0.05) is 52.9 Å². The van der Waals surface area contributed by atoms with Crippen LogP contribution >= 0.6 is 0 Å². The Balaban J connectivity index is 2.03. The van der Waals surface area contributed by atoms with Gasteiger partial charge in [-0.25, -0.2) is 0 Å². The molecule has 1 aromatic carbocycles. The number of rotatable bonds is 14. The smallest absolute Gasteiger partial charge is 0.260 e. The Bertz CT molecular complexity index is 794. The van der Waals surface area contributed by atoms with Gasteiger partial charge in [-0.2, -0.15) is 0 Å². The number of hydrogen-bond acceptors (Lipinski definition) is 5. The van der Waals surface area contributed by atoms with Crippen LogP contribution in [0.5, 0.6) is 5.75 Å². The van der Waals surface area contributed by atoms with Crippen molar-refractivity contribution in [3.05, 3.63) is 54.4 Å². The molecule has 0 bridgehead atoms. The van der Waals surface area contributed by atoms with Gasteiger partial charge in [0.2, 0.25) is 5.91 Å². The molecule has 1 aromatic heterocycles. The van der Waals surface area contributed by atoms with Crippen LogP contribution in [-0.4, -0.2) is 79.9 Å². The van der Waals surface area contributed by atoms with Crippen LogP contribution in [0.3, 0.4) is 0 Å². The molecule has 2 aromatic rings. The van der Waals surface area contributed by atoms with Crippen LogP contribution in [0.1, 0.15) is 12.1 Å². The van der Waals surface area contributed by atoms with Crippen molar-refractivity contribution in [1.29, 1.82) is 0 Å². The van der Waals surface area contributed by atoms with E-state index >= 15 is 0 Å². The van der Waals surface area contributed by atoms with Crippen LogP contribution in [0.2, 0.25) is 0 Å². The van der Waals surface area contributed by atoms with Crippen molar-refractivity contribution >= 4 is 11.8 Å². The lowest BCUT2D eigenvalue weighted by molar-refractivity contribution is -0.142. The Morgan fingerprint density at radius 3 is 2.29 bits per heavy atom. The van der Waals surface area contributed by atoms with Crippen LogP contribution in [0, 0.1) is 0 Å². The number of para-hydroxylation sites is 1. The largest absolute Gasteiger partial charge is 0.484 e. The summed E-state index contributed by atoms with van der Waals surface area (Å²) >= 11 is 0. The number of methoxy groups -OCH3 is 2. The highest BCUT2D eigenvalue weighted by Gasteiger charge is 2.22. The second-order valence-corrected chi connectivity index (χ2v) is 7.18. The van der Waals surface area contributed by atoms with Crippen LogP contribution in [0.4, 0.5) is 0 Å². The number of nitrogens with zero attached hydrogens (tertiary/aromatic N) is 3. The average Bonchev–Trinajstić information content (AvgIpc) is 3.19. The molecule has 0 unspecified atom stereocenters. The fourth-order valence-corrected chi connectivity index (χ4v) is 3.06. The highest BCUT2D eigenvalue weighted by Crippen LogP contribution is 2.10. The zero-order valence-corrected chi connectivity index (χ0v) is 18.7. The summed E-state index contributed by atoms with van der Waals surface area (Å²) in [4.78, 5) is 29.2. The summed E-state index contributed by atoms with van der Waals surface area (Å²) in [7, 11) is 5.16. The summed E-state index contributed by atoms with van der Waals surface area (Å²) in [5.41, 5.74) is 1.01. The van der Waals surface area contributed by atoms with Gasteiger partial charge in [-0.05, 0) is 30.7 Å². The molecule has 0 spiro atoms. The minimum absolute atomic E-state index is 0.0190. The van der Waals surface area contributed by atoms with Crippen molar-refractivity contribution in [1.82, 2.24) is 14.4 Å². The van der Waals surface area contributed by atoms with E-state index in [2.05, 4.69) is 0 Å². The molecule has 2 amide bonds. The van der Waals surface area contributed by atoms with Crippen molar-refractivity contribution in [3.63, 3.8) is 0 Å². The zero-order valence-electron chi connectivity index (χ0n) is 18.7. The van der Waals surface area contributed by atoms with E-state index in [4.69, 9.17) is 14.2 Å². The minimum Gasteiger partial charge on any atom is -0.484 e. The van der Waals surface area contributed by atoms with E-state index in [1.165, 1.54) is 4.90 Å². The first-order valence-electron chi connectivity index (χ1n) is 10.4. The van der Waals surface area contributed by atoms with Gasteiger partial charge < -0.3 is 28.6 Å². The Hall–Kier alpha value is -2.84. The molecule has 0 atom stereocenters. The summed E-state index contributed by atoms with van der Waals surface area (Å²) in [5.74, 6) is 0.243. The SMILES string of the molecule is COCCCN(CC(=O)N(CCOC)Cc1cccn1C)C(=O)COc1ccccc1. The van der Waals surface area contributed by atoms with Gasteiger partial charge in [-0.15, -0.1) is 0 Å². The monoisotopic (exact) mass is 431 g/mol. The quantitative estimate of drug-likeness (QED) is 0.428. The molecular formula is C23H33N3O5. The van der Waals surface area contributed by atoms with Crippen LogP contribution in [-0.2, 0) is 32.7 Å². The molecule has 1 heterocycles. The third kappa shape index (κ3) is 8.43. The highest BCUT2D eigenvalue weighted by atomic mass is 16.5. The van der Waals surface area contributed by atoms with E-state index in [1.54, 1.807) is 31.3 Å². The predicted molar refractivity (Wildman–Crippen MR) is 118 cm³/mol. The van der Waals surface area contributed by atoms with Crippen molar-refractivity contribution in [2.75, 3.05) is 53.7 Å². The Morgan fingerprint density at radius 2 is 1.65 bits per heavy atom. The van der Waals surface area contributed by atoms with Crippen LogP contribution in [0.25, 0.3) is 0 Å². The third-order valence-electron chi connectivity index (χ3n) is 4.88. The standard InChI is InChI=1S/C23H33N3O5/c1-24-12-7-9-20(24)17-26(14-16-30-3)22(27)18-25(13-8-15-29-2)23(28)19-31-21-10-5-4-6-11-21/h4-7,9-12H,8,13-19H2,1-3H3. The van der Waals surface area contributed by atoms with E-state index in [0.717, 1.165) is 5.69 Å². The van der Waals surface area contributed by atoms with Gasteiger partial charge in [0.15, 0.2) is 6.61 Å². The van der Waals surface area contributed by atoms with E-state index < -0.39 is 0 Å². The minimum atomic E-state index is -0.237.